The van der Waals surface area contributed by atoms with Gasteiger partial charge < -0.3 is 15.8 Å². The molecule has 0 spiro atoms. The summed E-state index contributed by atoms with van der Waals surface area (Å²) in [6.45, 7) is 6.33. The number of aryl methyl sites for hydroxylation is 1. The van der Waals surface area contributed by atoms with Gasteiger partial charge in [0, 0.05) is 12.6 Å². The minimum atomic E-state index is -0.521. The molecule has 4 heteroatoms. The van der Waals surface area contributed by atoms with Crippen LogP contribution in [0, 0.1) is 6.92 Å². The number of carbonyl (C=O) groups excluding carboxylic acids is 1. The molecule has 2 atom stereocenters. The van der Waals surface area contributed by atoms with Gasteiger partial charge in [0.1, 0.15) is 5.75 Å². The number of ether oxygens (including phenoxy) is 1. The maximum absolute atomic E-state index is 12.1. The molecule has 0 saturated carbocycles. The molecule has 4 nitrogen and oxygen atoms in total. The largest absolute Gasteiger partial charge is 0.481 e. The van der Waals surface area contributed by atoms with Gasteiger partial charge in [0.15, 0.2) is 6.10 Å². The molecule has 0 aliphatic rings. The third-order valence-corrected chi connectivity index (χ3v) is 3.21. The van der Waals surface area contributed by atoms with Crippen molar-refractivity contribution in [3.8, 4) is 5.75 Å². The van der Waals surface area contributed by atoms with Crippen LogP contribution in [0.25, 0.3) is 0 Å². The maximum Gasteiger partial charge on any atom is 0.261 e. The molecule has 0 aliphatic carbocycles. The lowest BCUT2D eigenvalue weighted by molar-refractivity contribution is -0.128. The van der Waals surface area contributed by atoms with Gasteiger partial charge in [-0.15, -0.1) is 0 Å². The van der Waals surface area contributed by atoms with Gasteiger partial charge in [-0.25, -0.2) is 0 Å². The van der Waals surface area contributed by atoms with E-state index in [-0.39, 0.29) is 11.9 Å². The number of hydrogen-bond donors (Lipinski definition) is 2. The Hall–Kier alpha value is -1.55. The van der Waals surface area contributed by atoms with E-state index >= 15 is 0 Å². The van der Waals surface area contributed by atoms with Gasteiger partial charge >= 0.3 is 0 Å². The van der Waals surface area contributed by atoms with Gasteiger partial charge in [0.25, 0.3) is 5.91 Å². The lowest BCUT2D eigenvalue weighted by Gasteiger charge is -2.20. The molecule has 0 saturated heterocycles. The zero-order valence-corrected chi connectivity index (χ0v) is 12.7. The topological polar surface area (TPSA) is 64.3 Å². The molecule has 3 N–H and O–H groups in total. The predicted molar refractivity (Wildman–Crippen MR) is 81.8 cm³/mol. The second-order valence-electron chi connectivity index (χ2n) is 5.16. The summed E-state index contributed by atoms with van der Waals surface area (Å²) in [7, 11) is 0. The molecule has 20 heavy (non-hydrogen) atoms. The summed E-state index contributed by atoms with van der Waals surface area (Å²) in [6.07, 6.45) is 2.56. The van der Waals surface area contributed by atoms with E-state index in [4.69, 9.17) is 10.5 Å². The highest BCUT2D eigenvalue weighted by atomic mass is 16.5. The third kappa shape index (κ3) is 5.61. The lowest BCUT2D eigenvalue weighted by Crippen LogP contribution is -2.45. The molecule has 0 fully saturated rings. The molecule has 0 bridgehead atoms. The first-order chi connectivity index (χ1) is 9.56. The Balaban J connectivity index is 2.49. The van der Waals surface area contributed by atoms with Gasteiger partial charge in [-0.2, -0.15) is 0 Å². The van der Waals surface area contributed by atoms with E-state index in [9.17, 15) is 4.79 Å². The zero-order valence-electron chi connectivity index (χ0n) is 12.7. The molecule has 1 amide bonds. The second-order valence-corrected chi connectivity index (χ2v) is 5.16. The average molecular weight is 278 g/mol. The molecule has 1 aromatic carbocycles. The highest BCUT2D eigenvalue weighted by Gasteiger charge is 2.18. The van der Waals surface area contributed by atoms with E-state index in [1.54, 1.807) is 6.92 Å². The van der Waals surface area contributed by atoms with Crippen LogP contribution >= 0.6 is 0 Å². The summed E-state index contributed by atoms with van der Waals surface area (Å²) in [6, 6.07) is 7.72. The number of nitrogens with one attached hydrogen (secondary N) is 1. The van der Waals surface area contributed by atoms with Crippen LogP contribution in [0.15, 0.2) is 24.3 Å². The summed E-state index contributed by atoms with van der Waals surface area (Å²) in [5, 5.41) is 2.95. The van der Waals surface area contributed by atoms with Crippen molar-refractivity contribution in [2.24, 2.45) is 5.73 Å². The first-order valence-corrected chi connectivity index (χ1v) is 7.30. The monoisotopic (exact) mass is 278 g/mol. The van der Waals surface area contributed by atoms with Gasteiger partial charge in [0.05, 0.1) is 0 Å². The first-order valence-electron chi connectivity index (χ1n) is 7.30. The Morgan fingerprint density at radius 2 is 2.20 bits per heavy atom. The number of carbonyl (C=O) groups is 1. The van der Waals surface area contributed by atoms with Crippen LogP contribution in [-0.2, 0) is 4.79 Å². The number of benzene rings is 1. The smallest absolute Gasteiger partial charge is 0.261 e. The Morgan fingerprint density at radius 1 is 1.45 bits per heavy atom. The quantitative estimate of drug-likeness (QED) is 0.767. The van der Waals surface area contributed by atoms with Crippen molar-refractivity contribution in [2.45, 2.75) is 52.2 Å². The van der Waals surface area contributed by atoms with Crippen molar-refractivity contribution in [1.82, 2.24) is 5.32 Å². The fourth-order valence-electron chi connectivity index (χ4n) is 1.96. The van der Waals surface area contributed by atoms with Crippen LogP contribution in [0.4, 0.5) is 0 Å². The summed E-state index contributed by atoms with van der Waals surface area (Å²) in [5.74, 6) is 0.601. The molecular formula is C16H26N2O2. The van der Waals surface area contributed by atoms with Gasteiger partial charge in [-0.1, -0.05) is 31.9 Å². The van der Waals surface area contributed by atoms with Gasteiger partial charge in [-0.3, -0.25) is 4.79 Å². The van der Waals surface area contributed by atoms with Crippen LogP contribution in [0.1, 0.15) is 38.7 Å². The van der Waals surface area contributed by atoms with Gasteiger partial charge in [-0.05, 0) is 38.0 Å². The molecule has 112 valence electrons. The minimum Gasteiger partial charge on any atom is -0.481 e. The summed E-state index contributed by atoms with van der Waals surface area (Å²) < 4.78 is 5.65. The van der Waals surface area contributed by atoms with Crippen molar-refractivity contribution in [2.75, 3.05) is 6.54 Å². The second kappa shape index (κ2) is 8.59. The van der Waals surface area contributed by atoms with E-state index in [1.165, 1.54) is 0 Å². The van der Waals surface area contributed by atoms with E-state index in [0.717, 1.165) is 24.8 Å². The van der Waals surface area contributed by atoms with Crippen molar-refractivity contribution >= 4 is 5.91 Å². The molecule has 0 aromatic heterocycles. The average Bonchev–Trinajstić information content (AvgIpc) is 2.43. The number of nitrogens with two attached hydrogens (primary N) is 1. The van der Waals surface area contributed by atoms with E-state index in [0.29, 0.717) is 12.3 Å². The van der Waals surface area contributed by atoms with Crippen molar-refractivity contribution in [3.05, 3.63) is 29.8 Å². The highest BCUT2D eigenvalue weighted by molar-refractivity contribution is 5.81. The SMILES string of the molecule is CCCCC(CN)NC(=O)C(C)Oc1cccc(C)c1. The molecule has 1 aromatic rings. The highest BCUT2D eigenvalue weighted by Crippen LogP contribution is 2.14. The summed E-state index contributed by atoms with van der Waals surface area (Å²) in [4.78, 5) is 12.1. The van der Waals surface area contributed by atoms with Crippen LogP contribution in [0.5, 0.6) is 5.75 Å². The lowest BCUT2D eigenvalue weighted by atomic mass is 10.1. The Kier molecular flexibility index (Phi) is 7.09. The van der Waals surface area contributed by atoms with Crippen LogP contribution in [0.2, 0.25) is 0 Å². The molecule has 1 rings (SSSR count). The fraction of sp³-hybridized carbons (Fsp3) is 0.562. The van der Waals surface area contributed by atoms with Gasteiger partial charge in [0.2, 0.25) is 0 Å². The molecule has 2 unspecified atom stereocenters. The van der Waals surface area contributed by atoms with E-state index < -0.39 is 6.10 Å². The Bertz CT molecular complexity index is 421. The maximum atomic E-state index is 12.1. The van der Waals surface area contributed by atoms with Crippen molar-refractivity contribution < 1.29 is 9.53 Å². The number of hydrogen-bond acceptors (Lipinski definition) is 3. The summed E-state index contributed by atoms with van der Waals surface area (Å²) in [5.41, 5.74) is 6.79. The summed E-state index contributed by atoms with van der Waals surface area (Å²) >= 11 is 0. The Labute approximate surface area is 121 Å². The van der Waals surface area contributed by atoms with E-state index in [1.807, 2.05) is 31.2 Å². The minimum absolute atomic E-state index is 0.0333. The first kappa shape index (κ1) is 16.5. The van der Waals surface area contributed by atoms with Crippen LogP contribution in [-0.4, -0.2) is 24.6 Å². The van der Waals surface area contributed by atoms with E-state index in [2.05, 4.69) is 12.2 Å². The Morgan fingerprint density at radius 3 is 2.80 bits per heavy atom. The number of unbranched alkanes of at least 4 members (excludes halogenated alkanes) is 1. The molecule has 0 aliphatic heterocycles. The van der Waals surface area contributed by atoms with Crippen molar-refractivity contribution in [1.29, 1.82) is 0 Å². The third-order valence-electron chi connectivity index (χ3n) is 3.21. The van der Waals surface area contributed by atoms with Crippen LogP contribution < -0.4 is 15.8 Å². The fourth-order valence-corrected chi connectivity index (χ4v) is 1.96. The molecule has 0 radical (unpaired) electrons. The predicted octanol–water partition coefficient (Wildman–Crippen LogP) is 2.40. The van der Waals surface area contributed by atoms with Crippen LogP contribution in [0.3, 0.4) is 0 Å². The zero-order chi connectivity index (χ0) is 15.0. The number of rotatable bonds is 8. The van der Waals surface area contributed by atoms with Crippen molar-refractivity contribution in [3.63, 3.8) is 0 Å². The number of amides is 1. The standard InChI is InChI=1S/C16H26N2O2/c1-4-5-8-14(11-17)18-16(19)13(3)20-15-9-6-7-12(2)10-15/h6-7,9-10,13-14H,4-5,8,11,17H2,1-3H3,(H,18,19). The normalized spacial score (nSPS) is 13.6. The molecule has 0 heterocycles. The molecular weight excluding hydrogens is 252 g/mol.